The number of carbonyl (C=O) groups excluding carboxylic acids is 1. The Labute approximate surface area is 154 Å². The van der Waals surface area contributed by atoms with Crippen molar-refractivity contribution < 1.29 is 9.53 Å². The Balaban J connectivity index is 2.05. The Bertz CT molecular complexity index is 701. The van der Waals surface area contributed by atoms with E-state index in [9.17, 15) is 4.79 Å². The Morgan fingerprint density at radius 3 is 2.48 bits per heavy atom. The van der Waals surface area contributed by atoms with Crippen LogP contribution >= 0.6 is 11.6 Å². The second-order valence-corrected chi connectivity index (χ2v) is 6.87. The predicted octanol–water partition coefficient (Wildman–Crippen LogP) is 4.89. The molecule has 2 aromatic carbocycles. The van der Waals surface area contributed by atoms with Gasteiger partial charge in [0.25, 0.3) is 0 Å². The number of halogens is 1. The highest BCUT2D eigenvalue weighted by Gasteiger charge is 2.20. The molecular formula is C20H25ClN2O2. The summed E-state index contributed by atoms with van der Waals surface area (Å²) in [6, 6.07) is 15.1. The fourth-order valence-electron chi connectivity index (χ4n) is 2.66. The van der Waals surface area contributed by atoms with Gasteiger partial charge in [0.1, 0.15) is 5.75 Å². The predicted molar refractivity (Wildman–Crippen MR) is 102 cm³/mol. The van der Waals surface area contributed by atoms with Gasteiger partial charge in [0.05, 0.1) is 13.2 Å². The summed E-state index contributed by atoms with van der Waals surface area (Å²) in [6.07, 6.45) is 0. The monoisotopic (exact) mass is 360 g/mol. The van der Waals surface area contributed by atoms with Crippen LogP contribution in [0.1, 0.15) is 31.0 Å². The first kappa shape index (κ1) is 19.1. The minimum atomic E-state index is -0.114. The Kier molecular flexibility index (Phi) is 6.71. The lowest BCUT2D eigenvalue weighted by Gasteiger charge is -2.26. The third-order valence-electron chi connectivity index (χ3n) is 4.08. The molecule has 0 aromatic heterocycles. The van der Waals surface area contributed by atoms with Crippen molar-refractivity contribution in [3.8, 4) is 5.75 Å². The molecule has 2 amide bonds. The Morgan fingerprint density at radius 1 is 1.20 bits per heavy atom. The van der Waals surface area contributed by atoms with Crippen LogP contribution < -0.4 is 10.1 Å². The van der Waals surface area contributed by atoms with Crippen molar-refractivity contribution in [2.24, 2.45) is 5.92 Å². The van der Waals surface area contributed by atoms with Crippen LogP contribution in [0.4, 0.5) is 4.79 Å². The highest BCUT2D eigenvalue weighted by atomic mass is 35.5. The number of carbonyl (C=O) groups is 1. The summed E-state index contributed by atoms with van der Waals surface area (Å²) >= 11 is 5.96. The van der Waals surface area contributed by atoms with Crippen molar-refractivity contribution in [1.82, 2.24) is 10.2 Å². The van der Waals surface area contributed by atoms with Crippen molar-refractivity contribution >= 4 is 17.6 Å². The van der Waals surface area contributed by atoms with E-state index >= 15 is 0 Å². The first-order valence-corrected chi connectivity index (χ1v) is 8.68. The molecule has 134 valence electrons. The van der Waals surface area contributed by atoms with Crippen LogP contribution in [-0.4, -0.2) is 25.1 Å². The molecule has 0 bridgehead atoms. The summed E-state index contributed by atoms with van der Waals surface area (Å²) in [5.41, 5.74) is 2.06. The molecule has 0 aliphatic rings. The van der Waals surface area contributed by atoms with Gasteiger partial charge in [0.2, 0.25) is 0 Å². The molecule has 0 saturated carbocycles. The van der Waals surface area contributed by atoms with Gasteiger partial charge >= 0.3 is 6.03 Å². The molecule has 0 aliphatic carbocycles. The van der Waals surface area contributed by atoms with E-state index < -0.39 is 0 Å². The van der Waals surface area contributed by atoms with Gasteiger partial charge in [-0.3, -0.25) is 0 Å². The summed E-state index contributed by atoms with van der Waals surface area (Å²) in [5.74, 6) is 1.04. The lowest BCUT2D eigenvalue weighted by atomic mass is 9.96. The molecule has 5 heteroatoms. The number of rotatable bonds is 6. The van der Waals surface area contributed by atoms with E-state index in [0.717, 1.165) is 16.9 Å². The Hall–Kier alpha value is -2.20. The van der Waals surface area contributed by atoms with Crippen LogP contribution in [0.15, 0.2) is 48.5 Å². The summed E-state index contributed by atoms with van der Waals surface area (Å²) in [4.78, 5) is 14.3. The van der Waals surface area contributed by atoms with Gasteiger partial charge in [-0.05, 0) is 41.3 Å². The lowest BCUT2D eigenvalue weighted by molar-refractivity contribution is 0.198. The maximum Gasteiger partial charge on any atom is 0.317 e. The molecule has 0 saturated heterocycles. The van der Waals surface area contributed by atoms with E-state index in [1.807, 2.05) is 48.5 Å². The van der Waals surface area contributed by atoms with Crippen LogP contribution in [-0.2, 0) is 6.54 Å². The molecule has 25 heavy (non-hydrogen) atoms. The number of hydrogen-bond acceptors (Lipinski definition) is 2. The van der Waals surface area contributed by atoms with Crippen LogP contribution in [0.2, 0.25) is 5.02 Å². The molecule has 0 radical (unpaired) electrons. The highest BCUT2D eigenvalue weighted by molar-refractivity contribution is 6.30. The van der Waals surface area contributed by atoms with Gasteiger partial charge in [-0.25, -0.2) is 4.79 Å². The molecule has 1 N–H and O–H groups in total. The van der Waals surface area contributed by atoms with E-state index in [2.05, 4.69) is 19.2 Å². The number of nitrogens with one attached hydrogen (secondary N) is 1. The summed E-state index contributed by atoms with van der Waals surface area (Å²) in [5, 5.41) is 3.80. The van der Waals surface area contributed by atoms with Crippen molar-refractivity contribution in [3.05, 3.63) is 64.7 Å². The molecule has 1 unspecified atom stereocenters. The smallest absolute Gasteiger partial charge is 0.317 e. The molecule has 2 rings (SSSR count). The molecule has 4 nitrogen and oxygen atoms in total. The number of ether oxygens (including phenoxy) is 1. The number of hydrogen-bond donors (Lipinski definition) is 1. The number of nitrogens with zero attached hydrogens (tertiary/aromatic N) is 1. The molecule has 0 aliphatic heterocycles. The highest BCUT2D eigenvalue weighted by Crippen LogP contribution is 2.23. The number of urea groups is 1. The van der Waals surface area contributed by atoms with E-state index in [1.54, 1.807) is 19.1 Å². The molecule has 1 atom stereocenters. The molecule has 0 spiro atoms. The van der Waals surface area contributed by atoms with E-state index in [-0.39, 0.29) is 18.0 Å². The molecular weight excluding hydrogens is 336 g/mol. The van der Waals surface area contributed by atoms with Crippen LogP contribution in [0.3, 0.4) is 0 Å². The second kappa shape index (κ2) is 8.77. The summed E-state index contributed by atoms with van der Waals surface area (Å²) < 4.78 is 5.23. The van der Waals surface area contributed by atoms with Crippen molar-refractivity contribution in [1.29, 1.82) is 0 Å². The maximum absolute atomic E-state index is 12.6. The molecule has 2 aromatic rings. The topological polar surface area (TPSA) is 41.6 Å². The standard InChI is InChI=1S/C20H25ClN2O2/c1-14(2)19(16-8-10-17(21)11-9-16)22-20(24)23(3)13-15-6-5-7-18(12-15)25-4/h5-12,14,19H,13H2,1-4H3,(H,22,24). The maximum atomic E-state index is 12.6. The quantitative estimate of drug-likeness (QED) is 0.797. The van der Waals surface area contributed by atoms with Gasteiger partial charge in [0.15, 0.2) is 0 Å². The first-order chi connectivity index (χ1) is 11.9. The van der Waals surface area contributed by atoms with E-state index in [1.165, 1.54) is 0 Å². The zero-order chi connectivity index (χ0) is 18.4. The SMILES string of the molecule is COc1cccc(CN(C)C(=O)NC(c2ccc(Cl)cc2)C(C)C)c1. The normalized spacial score (nSPS) is 11.9. The van der Waals surface area contributed by atoms with Crippen LogP contribution in [0.25, 0.3) is 0 Å². The average Bonchev–Trinajstić information content (AvgIpc) is 2.60. The van der Waals surface area contributed by atoms with Crippen molar-refractivity contribution in [2.45, 2.75) is 26.4 Å². The van der Waals surface area contributed by atoms with Gasteiger partial charge in [-0.1, -0.05) is 49.7 Å². The van der Waals surface area contributed by atoms with Crippen molar-refractivity contribution in [2.75, 3.05) is 14.2 Å². The fourth-order valence-corrected chi connectivity index (χ4v) is 2.79. The van der Waals surface area contributed by atoms with Gasteiger partial charge in [0, 0.05) is 18.6 Å². The number of methoxy groups -OCH3 is 1. The third kappa shape index (κ3) is 5.40. The lowest BCUT2D eigenvalue weighted by Crippen LogP contribution is -2.40. The number of benzene rings is 2. The summed E-state index contributed by atoms with van der Waals surface area (Å²) in [6.45, 7) is 4.68. The van der Waals surface area contributed by atoms with Crippen LogP contribution in [0, 0.1) is 5.92 Å². The molecule has 0 heterocycles. The second-order valence-electron chi connectivity index (χ2n) is 6.43. The summed E-state index contributed by atoms with van der Waals surface area (Å²) in [7, 11) is 3.42. The largest absolute Gasteiger partial charge is 0.497 e. The van der Waals surface area contributed by atoms with Gasteiger partial charge < -0.3 is 15.0 Å². The van der Waals surface area contributed by atoms with E-state index in [0.29, 0.717) is 11.6 Å². The third-order valence-corrected chi connectivity index (χ3v) is 4.33. The van der Waals surface area contributed by atoms with E-state index in [4.69, 9.17) is 16.3 Å². The minimum absolute atomic E-state index is 0.0717. The minimum Gasteiger partial charge on any atom is -0.497 e. The van der Waals surface area contributed by atoms with Crippen molar-refractivity contribution in [3.63, 3.8) is 0 Å². The zero-order valence-electron chi connectivity index (χ0n) is 15.1. The first-order valence-electron chi connectivity index (χ1n) is 8.30. The molecule has 0 fully saturated rings. The van der Waals surface area contributed by atoms with Crippen LogP contribution in [0.5, 0.6) is 5.75 Å². The average molecular weight is 361 g/mol. The number of amides is 2. The fraction of sp³-hybridized carbons (Fsp3) is 0.350. The Morgan fingerprint density at radius 2 is 1.88 bits per heavy atom. The zero-order valence-corrected chi connectivity index (χ0v) is 15.9. The van der Waals surface area contributed by atoms with Gasteiger partial charge in [-0.15, -0.1) is 0 Å². The van der Waals surface area contributed by atoms with Gasteiger partial charge in [-0.2, -0.15) is 0 Å².